The molecule has 0 aliphatic carbocycles. The van der Waals surface area contributed by atoms with Crippen molar-refractivity contribution >= 4 is 22.4 Å². The van der Waals surface area contributed by atoms with Crippen molar-refractivity contribution in [1.82, 2.24) is 20.0 Å². The molecule has 0 aliphatic heterocycles. The number of nitrogens with one attached hydrogen (secondary N) is 1. The standard InChI is InChI=1S/C18H13N5OS/c24-17(20-18-19-11-12-25-18)15-16(13-7-3-1-4-8-13)23(22-21-15)14-9-5-2-6-10-14/h1-12H,(H,19,20,24). The number of hydrogen-bond acceptors (Lipinski definition) is 5. The van der Waals surface area contributed by atoms with Crippen molar-refractivity contribution in [2.24, 2.45) is 0 Å². The molecule has 0 radical (unpaired) electrons. The molecule has 0 spiro atoms. The molecule has 1 N–H and O–H groups in total. The summed E-state index contributed by atoms with van der Waals surface area (Å²) in [5.74, 6) is -0.337. The molecular weight excluding hydrogens is 334 g/mol. The second-order valence-electron chi connectivity index (χ2n) is 5.19. The number of carbonyl (C=O) groups is 1. The molecule has 0 fully saturated rings. The largest absolute Gasteiger partial charge is 0.296 e. The predicted octanol–water partition coefficient (Wildman–Crippen LogP) is 3.64. The number of thiazole rings is 1. The Bertz CT molecular complexity index is 981. The van der Waals surface area contributed by atoms with Gasteiger partial charge in [-0.15, -0.1) is 16.4 Å². The molecule has 4 rings (SSSR count). The van der Waals surface area contributed by atoms with E-state index in [2.05, 4.69) is 20.6 Å². The fraction of sp³-hybridized carbons (Fsp3) is 0. The van der Waals surface area contributed by atoms with E-state index in [1.165, 1.54) is 11.3 Å². The zero-order valence-electron chi connectivity index (χ0n) is 13.0. The minimum Gasteiger partial charge on any atom is -0.296 e. The van der Waals surface area contributed by atoms with E-state index in [1.807, 2.05) is 60.7 Å². The fourth-order valence-electron chi connectivity index (χ4n) is 2.48. The van der Waals surface area contributed by atoms with E-state index < -0.39 is 0 Å². The first-order valence-electron chi connectivity index (χ1n) is 7.60. The van der Waals surface area contributed by atoms with E-state index in [4.69, 9.17) is 0 Å². The van der Waals surface area contributed by atoms with Gasteiger partial charge < -0.3 is 0 Å². The summed E-state index contributed by atoms with van der Waals surface area (Å²) in [5.41, 5.74) is 2.59. The Kier molecular flexibility index (Phi) is 4.05. The van der Waals surface area contributed by atoms with Crippen LogP contribution in [0.3, 0.4) is 0 Å². The van der Waals surface area contributed by atoms with Crippen LogP contribution in [0.5, 0.6) is 0 Å². The molecule has 0 aliphatic rings. The highest BCUT2D eigenvalue weighted by Crippen LogP contribution is 2.26. The molecule has 7 heteroatoms. The van der Waals surface area contributed by atoms with Crippen molar-refractivity contribution < 1.29 is 4.79 Å². The molecule has 0 atom stereocenters. The van der Waals surface area contributed by atoms with Gasteiger partial charge >= 0.3 is 0 Å². The first kappa shape index (κ1) is 15.2. The summed E-state index contributed by atoms with van der Waals surface area (Å²) in [6.07, 6.45) is 1.64. The fourth-order valence-corrected chi connectivity index (χ4v) is 3.01. The first-order valence-corrected chi connectivity index (χ1v) is 8.48. The Labute approximate surface area is 147 Å². The second-order valence-corrected chi connectivity index (χ2v) is 6.09. The molecule has 0 unspecified atom stereocenters. The van der Waals surface area contributed by atoms with E-state index in [0.717, 1.165) is 11.3 Å². The number of hydrogen-bond donors (Lipinski definition) is 1. The van der Waals surface area contributed by atoms with Gasteiger partial charge in [-0.3, -0.25) is 10.1 Å². The smallest absolute Gasteiger partial charge is 0.280 e. The molecule has 6 nitrogen and oxygen atoms in total. The SMILES string of the molecule is O=C(Nc1nccs1)c1nnn(-c2ccccc2)c1-c1ccccc1. The molecular formula is C18H13N5OS. The monoisotopic (exact) mass is 347 g/mol. The van der Waals surface area contributed by atoms with E-state index in [-0.39, 0.29) is 11.6 Å². The number of anilines is 1. The highest BCUT2D eigenvalue weighted by atomic mass is 32.1. The molecule has 1 amide bonds. The van der Waals surface area contributed by atoms with Crippen LogP contribution in [-0.4, -0.2) is 25.9 Å². The molecule has 0 saturated heterocycles. The van der Waals surface area contributed by atoms with Gasteiger partial charge in [0, 0.05) is 17.1 Å². The van der Waals surface area contributed by atoms with E-state index in [1.54, 1.807) is 16.3 Å². The van der Waals surface area contributed by atoms with Crippen molar-refractivity contribution in [3.8, 4) is 16.9 Å². The highest BCUT2D eigenvalue weighted by Gasteiger charge is 2.22. The molecule has 25 heavy (non-hydrogen) atoms. The molecule has 0 bridgehead atoms. The molecule has 2 aromatic carbocycles. The van der Waals surface area contributed by atoms with Crippen molar-refractivity contribution in [3.05, 3.63) is 77.9 Å². The normalized spacial score (nSPS) is 10.6. The summed E-state index contributed by atoms with van der Waals surface area (Å²) in [4.78, 5) is 16.8. The lowest BCUT2D eigenvalue weighted by molar-refractivity contribution is 0.102. The number of rotatable bonds is 4. The highest BCUT2D eigenvalue weighted by molar-refractivity contribution is 7.13. The summed E-state index contributed by atoms with van der Waals surface area (Å²) >= 11 is 1.35. The van der Waals surface area contributed by atoms with Crippen molar-refractivity contribution in [2.45, 2.75) is 0 Å². The van der Waals surface area contributed by atoms with Gasteiger partial charge in [0.05, 0.1) is 5.69 Å². The lowest BCUT2D eigenvalue weighted by Gasteiger charge is -2.08. The Balaban J connectivity index is 1.82. The third-order valence-corrected chi connectivity index (χ3v) is 4.27. The van der Waals surface area contributed by atoms with Gasteiger partial charge in [-0.05, 0) is 12.1 Å². The summed E-state index contributed by atoms with van der Waals surface area (Å²) in [7, 11) is 0. The molecule has 4 aromatic rings. The maximum absolute atomic E-state index is 12.7. The van der Waals surface area contributed by atoms with Crippen LogP contribution >= 0.6 is 11.3 Å². The Hall–Kier alpha value is -3.32. The predicted molar refractivity (Wildman–Crippen MR) is 96.9 cm³/mol. The van der Waals surface area contributed by atoms with Crippen molar-refractivity contribution in [2.75, 3.05) is 5.32 Å². The van der Waals surface area contributed by atoms with Crippen molar-refractivity contribution in [3.63, 3.8) is 0 Å². The molecule has 122 valence electrons. The third kappa shape index (κ3) is 3.05. The summed E-state index contributed by atoms with van der Waals surface area (Å²) in [6.45, 7) is 0. The van der Waals surface area contributed by atoms with E-state index >= 15 is 0 Å². The third-order valence-electron chi connectivity index (χ3n) is 3.59. The zero-order valence-corrected chi connectivity index (χ0v) is 13.9. The number of para-hydroxylation sites is 1. The minimum atomic E-state index is -0.337. The van der Waals surface area contributed by atoms with Gasteiger partial charge in [0.25, 0.3) is 5.91 Å². The van der Waals surface area contributed by atoms with Gasteiger partial charge in [-0.1, -0.05) is 53.7 Å². The van der Waals surface area contributed by atoms with E-state index in [0.29, 0.717) is 10.8 Å². The first-order chi connectivity index (χ1) is 12.3. The van der Waals surface area contributed by atoms with Crippen LogP contribution < -0.4 is 5.32 Å². The van der Waals surface area contributed by atoms with Gasteiger partial charge in [0.1, 0.15) is 5.69 Å². The number of nitrogens with zero attached hydrogens (tertiary/aromatic N) is 4. The minimum absolute atomic E-state index is 0.255. The number of amides is 1. The quantitative estimate of drug-likeness (QED) is 0.612. The Morgan fingerprint density at radius 2 is 1.72 bits per heavy atom. The van der Waals surface area contributed by atoms with Crippen LogP contribution in [0.25, 0.3) is 16.9 Å². The Morgan fingerprint density at radius 1 is 1.00 bits per heavy atom. The average Bonchev–Trinajstić information content (AvgIpc) is 3.32. The van der Waals surface area contributed by atoms with Crippen LogP contribution in [0.15, 0.2) is 72.2 Å². The van der Waals surface area contributed by atoms with Crippen LogP contribution in [0.4, 0.5) is 5.13 Å². The van der Waals surface area contributed by atoms with Gasteiger partial charge in [0.2, 0.25) is 0 Å². The van der Waals surface area contributed by atoms with Crippen LogP contribution in [0.1, 0.15) is 10.5 Å². The number of aromatic nitrogens is 4. The summed E-state index contributed by atoms with van der Waals surface area (Å²) in [6, 6.07) is 19.2. The van der Waals surface area contributed by atoms with E-state index in [9.17, 15) is 4.79 Å². The summed E-state index contributed by atoms with van der Waals surface area (Å²) in [5, 5.41) is 13.4. The van der Waals surface area contributed by atoms with Gasteiger partial charge in [-0.2, -0.15) is 0 Å². The Morgan fingerprint density at radius 3 is 2.40 bits per heavy atom. The lowest BCUT2D eigenvalue weighted by Crippen LogP contribution is -2.14. The number of benzene rings is 2. The molecule has 2 heterocycles. The number of carbonyl (C=O) groups excluding carboxylic acids is 1. The zero-order chi connectivity index (χ0) is 17.1. The lowest BCUT2D eigenvalue weighted by atomic mass is 10.1. The summed E-state index contributed by atoms with van der Waals surface area (Å²) < 4.78 is 1.67. The van der Waals surface area contributed by atoms with Crippen LogP contribution in [-0.2, 0) is 0 Å². The molecule has 0 saturated carbocycles. The van der Waals surface area contributed by atoms with Crippen LogP contribution in [0, 0.1) is 0 Å². The van der Waals surface area contributed by atoms with Gasteiger partial charge in [0.15, 0.2) is 10.8 Å². The molecule has 2 aromatic heterocycles. The van der Waals surface area contributed by atoms with Crippen molar-refractivity contribution in [1.29, 1.82) is 0 Å². The van der Waals surface area contributed by atoms with Gasteiger partial charge in [-0.25, -0.2) is 9.67 Å². The maximum Gasteiger partial charge on any atom is 0.280 e. The maximum atomic E-state index is 12.7. The van der Waals surface area contributed by atoms with Crippen LogP contribution in [0.2, 0.25) is 0 Å². The average molecular weight is 347 g/mol. The topological polar surface area (TPSA) is 72.7 Å². The second kappa shape index (κ2) is 6.66.